The largest absolute Gasteiger partial charge is 0.462 e. The van der Waals surface area contributed by atoms with Crippen molar-refractivity contribution < 1.29 is 19.1 Å². The second kappa shape index (κ2) is 13.9. The predicted octanol–water partition coefficient (Wildman–Crippen LogP) is 7.33. The van der Waals surface area contributed by atoms with Gasteiger partial charge < -0.3 is 20.7 Å². The van der Waals surface area contributed by atoms with Crippen molar-refractivity contribution in [1.29, 1.82) is 0 Å². The van der Waals surface area contributed by atoms with Gasteiger partial charge in [-0.1, -0.05) is 36.4 Å². The van der Waals surface area contributed by atoms with E-state index in [1.54, 1.807) is 31.2 Å². The van der Waals surface area contributed by atoms with Gasteiger partial charge in [-0.15, -0.1) is 23.1 Å². The topological polar surface area (TPSA) is 96.5 Å². The normalized spacial score (nSPS) is 10.4. The number of benzene rings is 3. The Hall–Kier alpha value is -3.99. The molecule has 40 heavy (non-hydrogen) atoms. The van der Waals surface area contributed by atoms with Crippen molar-refractivity contribution in [2.45, 2.75) is 18.7 Å². The van der Waals surface area contributed by atoms with Crippen LogP contribution in [0.5, 0.6) is 0 Å². The summed E-state index contributed by atoms with van der Waals surface area (Å²) in [5.74, 6) is -0.553. The van der Waals surface area contributed by atoms with E-state index < -0.39 is 5.97 Å². The van der Waals surface area contributed by atoms with Gasteiger partial charge in [0.2, 0.25) is 5.91 Å². The molecule has 0 fully saturated rings. The molecule has 0 aliphatic heterocycles. The molecule has 204 valence electrons. The molecule has 7 nitrogen and oxygen atoms in total. The number of hydrogen-bond donors (Lipinski definition) is 3. The Morgan fingerprint density at radius 3 is 2.33 bits per heavy atom. The monoisotopic (exact) mass is 589 g/mol. The van der Waals surface area contributed by atoms with Crippen LogP contribution in [0.3, 0.4) is 0 Å². The number of hydrogen-bond acceptors (Lipinski definition) is 7. The number of thioether (sulfide) groups is 1. The van der Waals surface area contributed by atoms with Crippen molar-refractivity contribution in [2.24, 2.45) is 0 Å². The second-order valence-electron chi connectivity index (χ2n) is 8.52. The van der Waals surface area contributed by atoms with E-state index >= 15 is 0 Å². The van der Waals surface area contributed by atoms with Crippen LogP contribution in [0, 0.1) is 0 Å². The van der Waals surface area contributed by atoms with Crippen LogP contribution in [-0.2, 0) is 9.53 Å². The minimum Gasteiger partial charge on any atom is -0.462 e. The number of ketones is 1. The van der Waals surface area contributed by atoms with Gasteiger partial charge in [0.25, 0.3) is 0 Å². The average Bonchev–Trinajstić information content (AvgIpc) is 3.36. The summed E-state index contributed by atoms with van der Waals surface area (Å²) in [7, 11) is 0. The second-order valence-corrected chi connectivity index (χ2v) is 10.9. The molecule has 0 radical (unpaired) electrons. The Kier molecular flexibility index (Phi) is 10.1. The summed E-state index contributed by atoms with van der Waals surface area (Å²) >= 11 is 8.08. The molecule has 4 rings (SSSR count). The zero-order valence-electron chi connectivity index (χ0n) is 21.9. The van der Waals surface area contributed by atoms with Gasteiger partial charge in [0.1, 0.15) is 10.6 Å². The van der Waals surface area contributed by atoms with Gasteiger partial charge in [0.05, 0.1) is 12.4 Å². The first-order valence-electron chi connectivity index (χ1n) is 12.4. The third-order valence-electron chi connectivity index (χ3n) is 5.62. The van der Waals surface area contributed by atoms with Gasteiger partial charge in [-0.05, 0) is 74.1 Å². The number of ether oxygens (including phenoxy) is 1. The first kappa shape index (κ1) is 29.0. The van der Waals surface area contributed by atoms with Crippen LogP contribution in [0.15, 0.2) is 89.1 Å². The Bertz CT molecular complexity index is 1520. The number of carbonyl (C=O) groups is 3. The number of thiophene rings is 1. The zero-order valence-corrected chi connectivity index (χ0v) is 24.3. The van der Waals surface area contributed by atoms with Gasteiger partial charge in [-0.3, -0.25) is 9.59 Å². The number of anilines is 3. The molecule has 3 N–H and O–H groups in total. The maximum Gasteiger partial charge on any atom is 0.341 e. The highest BCUT2D eigenvalue weighted by Crippen LogP contribution is 2.36. The van der Waals surface area contributed by atoms with E-state index in [9.17, 15) is 14.4 Å². The Labute approximate surface area is 246 Å². The molecule has 0 saturated heterocycles. The van der Waals surface area contributed by atoms with E-state index in [0.29, 0.717) is 21.2 Å². The lowest BCUT2D eigenvalue weighted by molar-refractivity contribution is -0.113. The molecule has 0 saturated carbocycles. The lowest BCUT2D eigenvalue weighted by Crippen LogP contribution is -2.19. The zero-order chi connectivity index (χ0) is 28.5. The molecule has 0 unspecified atom stereocenters. The molecule has 0 spiro atoms. The molecule has 0 atom stereocenters. The fourth-order valence-corrected chi connectivity index (χ4v) is 5.71. The van der Waals surface area contributed by atoms with Crippen LogP contribution >= 0.6 is 35.3 Å². The minimum atomic E-state index is -0.469. The smallest absolute Gasteiger partial charge is 0.341 e. The van der Waals surface area contributed by atoms with Crippen molar-refractivity contribution in [2.75, 3.05) is 28.3 Å². The van der Waals surface area contributed by atoms with Crippen LogP contribution < -0.4 is 16.0 Å². The number of esters is 1. The molecule has 4 aromatic rings. The van der Waals surface area contributed by atoms with Gasteiger partial charge in [-0.25, -0.2) is 4.79 Å². The van der Waals surface area contributed by atoms with Crippen LogP contribution in [0.25, 0.3) is 11.1 Å². The summed E-state index contributed by atoms with van der Waals surface area (Å²) in [6, 6.07) is 24.1. The van der Waals surface area contributed by atoms with Crippen LogP contribution in [0.2, 0.25) is 0 Å². The average molecular weight is 590 g/mol. The highest BCUT2D eigenvalue weighted by Gasteiger charge is 2.22. The van der Waals surface area contributed by atoms with Crippen LogP contribution in [-0.4, -0.2) is 35.1 Å². The van der Waals surface area contributed by atoms with Crippen LogP contribution in [0.1, 0.15) is 34.6 Å². The van der Waals surface area contributed by atoms with E-state index in [-0.39, 0.29) is 24.1 Å². The van der Waals surface area contributed by atoms with Gasteiger partial charge in [0, 0.05) is 32.8 Å². The Morgan fingerprint density at radius 1 is 0.900 bits per heavy atom. The molecule has 0 aliphatic carbocycles. The predicted molar refractivity (Wildman–Crippen MR) is 168 cm³/mol. The summed E-state index contributed by atoms with van der Waals surface area (Å²) in [6.07, 6.45) is 0. The molecule has 0 bridgehead atoms. The first-order chi connectivity index (χ1) is 19.3. The number of carbonyl (C=O) groups excluding carboxylic acids is 3. The summed E-state index contributed by atoms with van der Waals surface area (Å²) in [4.78, 5) is 37.9. The van der Waals surface area contributed by atoms with Gasteiger partial charge in [-0.2, -0.15) is 0 Å². The molecule has 1 amide bonds. The van der Waals surface area contributed by atoms with E-state index in [0.717, 1.165) is 27.4 Å². The minimum absolute atomic E-state index is 0.00186. The number of thiocarbonyl (C=S) groups is 1. The summed E-state index contributed by atoms with van der Waals surface area (Å²) in [5, 5.41) is 11.8. The fraction of sp³-hybridized carbons (Fsp3) is 0.133. The third-order valence-corrected chi connectivity index (χ3v) is 7.71. The molecule has 1 heterocycles. The number of rotatable bonds is 10. The SMILES string of the molecule is CCOC(=O)c1c(-c2ccccc2)csc1NC(=O)CSc1cccc(NC(=S)Nc2ccc(C(C)=O)cc2)c1. The van der Waals surface area contributed by atoms with E-state index in [4.69, 9.17) is 17.0 Å². The molecule has 3 aromatic carbocycles. The summed E-state index contributed by atoms with van der Waals surface area (Å²) < 4.78 is 5.27. The maximum atomic E-state index is 12.9. The van der Waals surface area contributed by atoms with Crippen LogP contribution in [0.4, 0.5) is 16.4 Å². The van der Waals surface area contributed by atoms with E-state index in [1.165, 1.54) is 30.0 Å². The van der Waals surface area contributed by atoms with Crippen molar-refractivity contribution in [3.63, 3.8) is 0 Å². The van der Waals surface area contributed by atoms with Crippen molar-refractivity contribution >= 4 is 74.5 Å². The van der Waals surface area contributed by atoms with Gasteiger partial charge in [0.15, 0.2) is 10.9 Å². The van der Waals surface area contributed by atoms with Crippen molar-refractivity contribution in [3.8, 4) is 11.1 Å². The highest BCUT2D eigenvalue weighted by molar-refractivity contribution is 8.00. The maximum absolute atomic E-state index is 12.9. The summed E-state index contributed by atoms with van der Waals surface area (Å²) in [5.41, 5.74) is 4.12. The van der Waals surface area contributed by atoms with E-state index in [2.05, 4.69) is 16.0 Å². The van der Waals surface area contributed by atoms with Gasteiger partial charge >= 0.3 is 5.97 Å². The standard InChI is InChI=1S/C30H27N3O4S3/c1-3-37-29(36)27-25(21-8-5-4-6-9-21)17-40-28(27)33-26(35)18-39-24-11-7-10-23(16-24)32-30(38)31-22-14-12-20(13-15-22)19(2)34/h4-17H,3,18H2,1-2H3,(H,33,35)(H2,31,32,38). The lowest BCUT2D eigenvalue weighted by Gasteiger charge is -2.12. The highest BCUT2D eigenvalue weighted by atomic mass is 32.2. The first-order valence-corrected chi connectivity index (χ1v) is 14.7. The Morgan fingerprint density at radius 2 is 1.62 bits per heavy atom. The molecular formula is C30H27N3O4S3. The number of Topliss-reactive ketones (excluding diaryl/α,β-unsaturated/α-hetero) is 1. The van der Waals surface area contributed by atoms with E-state index in [1.807, 2.05) is 60.0 Å². The third kappa shape index (κ3) is 7.78. The fourth-order valence-electron chi connectivity index (χ4n) is 3.74. The summed E-state index contributed by atoms with van der Waals surface area (Å²) in [6.45, 7) is 3.51. The molecular weight excluding hydrogens is 563 g/mol. The number of nitrogens with one attached hydrogen (secondary N) is 3. The van der Waals surface area contributed by atoms with Crippen molar-refractivity contribution in [3.05, 3.63) is 95.4 Å². The number of amides is 1. The lowest BCUT2D eigenvalue weighted by atomic mass is 10.0. The van der Waals surface area contributed by atoms with Crippen molar-refractivity contribution in [1.82, 2.24) is 0 Å². The molecule has 10 heteroatoms. The molecule has 0 aliphatic rings. The Balaban J connectivity index is 1.36. The quantitative estimate of drug-likeness (QED) is 0.0766. The molecule has 1 aromatic heterocycles.